The van der Waals surface area contributed by atoms with Crippen LogP contribution in [0, 0.1) is 0 Å². The minimum Gasteiger partial charge on any atom is -0.481 e. The number of thioether (sulfide) groups is 1. The highest BCUT2D eigenvalue weighted by Gasteiger charge is 2.14. The van der Waals surface area contributed by atoms with Crippen molar-refractivity contribution in [2.75, 3.05) is 19.1 Å². The molecule has 2 atom stereocenters. The molecule has 0 amide bonds. The molecule has 4 heteroatoms. The van der Waals surface area contributed by atoms with E-state index in [1.807, 2.05) is 36.0 Å². The first-order valence-electron chi connectivity index (χ1n) is 6.46. The fourth-order valence-electron chi connectivity index (χ4n) is 1.87. The lowest BCUT2D eigenvalue weighted by Gasteiger charge is -2.24. The summed E-state index contributed by atoms with van der Waals surface area (Å²) < 4.78 is 0. The highest BCUT2D eigenvalue weighted by molar-refractivity contribution is 7.98. The summed E-state index contributed by atoms with van der Waals surface area (Å²) >= 11 is 1.85. The van der Waals surface area contributed by atoms with E-state index in [1.54, 1.807) is 6.92 Å². The molecular weight excluding hydrogens is 258 g/mol. The molecule has 2 unspecified atom stereocenters. The number of carbonyl (C=O) groups is 1. The minimum atomic E-state index is -0.779. The highest BCUT2D eigenvalue weighted by atomic mass is 32.2. The van der Waals surface area contributed by atoms with Crippen LogP contribution in [0.5, 0.6) is 0 Å². The predicted octanol–water partition coefficient (Wildman–Crippen LogP) is 3.06. The van der Waals surface area contributed by atoms with Gasteiger partial charge in [0.25, 0.3) is 0 Å². The Kier molecular flexibility index (Phi) is 6.38. The van der Waals surface area contributed by atoms with Crippen molar-refractivity contribution in [3.8, 4) is 0 Å². The van der Waals surface area contributed by atoms with Crippen molar-refractivity contribution in [1.29, 1.82) is 0 Å². The molecule has 1 aromatic rings. The van der Waals surface area contributed by atoms with Crippen LogP contribution < -0.4 is 0 Å². The quantitative estimate of drug-likeness (QED) is 0.834. The molecule has 0 aromatic heterocycles. The number of nitrogens with zero attached hydrogens (tertiary/aromatic N) is 1. The molecule has 0 aliphatic heterocycles. The Hall–Kier alpha value is -1.00. The Morgan fingerprint density at radius 1 is 1.32 bits per heavy atom. The molecular formula is C15H23NO2S. The lowest BCUT2D eigenvalue weighted by atomic mass is 10.00. The van der Waals surface area contributed by atoms with Crippen LogP contribution in [0.1, 0.15) is 30.9 Å². The highest BCUT2D eigenvalue weighted by Crippen LogP contribution is 2.17. The molecule has 0 spiro atoms. The van der Waals surface area contributed by atoms with Gasteiger partial charge < -0.3 is 5.11 Å². The normalized spacial score (nSPS) is 14.4. The molecule has 1 rings (SSSR count). The lowest BCUT2D eigenvalue weighted by molar-refractivity contribution is -0.138. The average molecular weight is 281 g/mol. The van der Waals surface area contributed by atoms with Gasteiger partial charge >= 0.3 is 5.97 Å². The lowest BCUT2D eigenvalue weighted by Crippen LogP contribution is -2.30. The van der Waals surface area contributed by atoms with E-state index >= 15 is 0 Å². The summed E-state index contributed by atoms with van der Waals surface area (Å²) in [7, 11) is 2.12. The van der Waals surface area contributed by atoms with Crippen LogP contribution in [0.3, 0.4) is 0 Å². The number of hydrogen-bond acceptors (Lipinski definition) is 3. The van der Waals surface area contributed by atoms with Crippen LogP contribution in [0.15, 0.2) is 24.3 Å². The molecule has 0 fully saturated rings. The van der Waals surface area contributed by atoms with Gasteiger partial charge in [-0.2, -0.15) is 11.8 Å². The second kappa shape index (κ2) is 7.56. The van der Waals surface area contributed by atoms with Crippen LogP contribution >= 0.6 is 11.8 Å². The molecule has 106 valence electrons. The summed E-state index contributed by atoms with van der Waals surface area (Å²) in [6.45, 7) is 4.82. The average Bonchev–Trinajstić information content (AvgIpc) is 2.38. The monoisotopic (exact) mass is 281 g/mol. The van der Waals surface area contributed by atoms with Crippen LogP contribution in [0.25, 0.3) is 0 Å². The van der Waals surface area contributed by atoms with Gasteiger partial charge in [-0.1, -0.05) is 24.3 Å². The zero-order valence-corrected chi connectivity index (χ0v) is 12.9. The van der Waals surface area contributed by atoms with Gasteiger partial charge in [-0.3, -0.25) is 9.69 Å². The van der Waals surface area contributed by atoms with Crippen molar-refractivity contribution >= 4 is 17.7 Å². The van der Waals surface area contributed by atoms with Crippen molar-refractivity contribution in [3.63, 3.8) is 0 Å². The van der Waals surface area contributed by atoms with Crippen molar-refractivity contribution < 1.29 is 9.90 Å². The minimum absolute atomic E-state index is 0.442. The van der Waals surface area contributed by atoms with Crippen molar-refractivity contribution in [1.82, 2.24) is 4.90 Å². The topological polar surface area (TPSA) is 40.5 Å². The molecule has 0 saturated carbocycles. The van der Waals surface area contributed by atoms with E-state index in [0.717, 1.165) is 17.9 Å². The number of rotatable bonds is 7. The van der Waals surface area contributed by atoms with Gasteiger partial charge in [0.1, 0.15) is 0 Å². The number of benzene rings is 1. The second-order valence-corrected chi connectivity index (χ2v) is 5.93. The molecule has 0 bridgehead atoms. The zero-order chi connectivity index (χ0) is 14.4. The molecule has 0 saturated heterocycles. The maximum Gasteiger partial charge on any atom is 0.310 e. The molecule has 0 aliphatic carbocycles. The third-order valence-corrected chi connectivity index (χ3v) is 4.26. The van der Waals surface area contributed by atoms with Gasteiger partial charge in [-0.15, -0.1) is 0 Å². The number of hydrogen-bond donors (Lipinski definition) is 1. The summed E-state index contributed by atoms with van der Waals surface area (Å²) in [5.41, 5.74) is 2.08. The maximum absolute atomic E-state index is 10.9. The smallest absolute Gasteiger partial charge is 0.310 e. The van der Waals surface area contributed by atoms with Gasteiger partial charge in [0.05, 0.1) is 5.92 Å². The Labute approximate surface area is 120 Å². The van der Waals surface area contributed by atoms with Crippen molar-refractivity contribution in [3.05, 3.63) is 35.4 Å². The van der Waals surface area contributed by atoms with E-state index in [0.29, 0.717) is 6.04 Å². The van der Waals surface area contributed by atoms with E-state index < -0.39 is 11.9 Å². The van der Waals surface area contributed by atoms with Gasteiger partial charge in [-0.05, 0) is 38.3 Å². The fourth-order valence-corrected chi connectivity index (χ4v) is 2.60. The standard InChI is InChI=1S/C15H23NO2S/c1-11(10-19-4)16(3)9-13-5-7-14(8-6-13)12(2)15(17)18/h5-8,11-12H,9-10H2,1-4H3,(H,17,18). The second-order valence-electron chi connectivity index (χ2n) is 5.02. The molecule has 0 radical (unpaired) electrons. The molecule has 0 heterocycles. The van der Waals surface area contributed by atoms with E-state index in [9.17, 15) is 4.79 Å². The summed E-state index contributed by atoms with van der Waals surface area (Å²) in [6.07, 6.45) is 2.12. The summed E-state index contributed by atoms with van der Waals surface area (Å²) in [5.74, 6) is -0.106. The molecule has 1 N–H and O–H groups in total. The van der Waals surface area contributed by atoms with Crippen molar-refractivity contribution in [2.24, 2.45) is 0 Å². The maximum atomic E-state index is 10.9. The Morgan fingerprint density at radius 3 is 2.37 bits per heavy atom. The predicted molar refractivity (Wildman–Crippen MR) is 81.8 cm³/mol. The fraction of sp³-hybridized carbons (Fsp3) is 0.533. The summed E-state index contributed by atoms with van der Waals surface area (Å²) in [4.78, 5) is 13.2. The zero-order valence-electron chi connectivity index (χ0n) is 12.1. The van der Waals surface area contributed by atoms with E-state index in [2.05, 4.69) is 25.1 Å². The Morgan fingerprint density at radius 2 is 1.89 bits per heavy atom. The molecule has 0 aliphatic rings. The first-order valence-corrected chi connectivity index (χ1v) is 7.86. The third kappa shape index (κ3) is 4.88. The van der Waals surface area contributed by atoms with E-state index in [1.165, 1.54) is 5.56 Å². The van der Waals surface area contributed by atoms with Gasteiger partial charge in [0.15, 0.2) is 0 Å². The number of aliphatic carboxylic acids is 1. The van der Waals surface area contributed by atoms with E-state index in [-0.39, 0.29) is 0 Å². The third-order valence-electron chi connectivity index (χ3n) is 3.44. The van der Waals surface area contributed by atoms with Crippen LogP contribution in [-0.4, -0.2) is 41.1 Å². The molecule has 3 nitrogen and oxygen atoms in total. The van der Waals surface area contributed by atoms with Gasteiger partial charge in [0.2, 0.25) is 0 Å². The molecule has 1 aromatic carbocycles. The van der Waals surface area contributed by atoms with Crippen LogP contribution in [-0.2, 0) is 11.3 Å². The van der Waals surface area contributed by atoms with E-state index in [4.69, 9.17) is 5.11 Å². The number of carboxylic acids is 1. The summed E-state index contributed by atoms with van der Waals surface area (Å²) in [6, 6.07) is 8.42. The first-order chi connectivity index (χ1) is 8.95. The Balaban J connectivity index is 2.64. The largest absolute Gasteiger partial charge is 0.481 e. The Bertz CT molecular complexity index is 405. The van der Waals surface area contributed by atoms with Gasteiger partial charge in [-0.25, -0.2) is 0 Å². The first kappa shape index (κ1) is 16.1. The van der Waals surface area contributed by atoms with Crippen molar-refractivity contribution in [2.45, 2.75) is 32.4 Å². The van der Waals surface area contributed by atoms with Crippen LogP contribution in [0.2, 0.25) is 0 Å². The number of carboxylic acid groups (broad SMARTS) is 1. The SMILES string of the molecule is CSCC(C)N(C)Cc1ccc(C(C)C(=O)O)cc1. The van der Waals surface area contributed by atoms with Gasteiger partial charge in [0, 0.05) is 18.3 Å². The summed E-state index contributed by atoms with van der Waals surface area (Å²) in [5, 5.41) is 8.97. The van der Waals surface area contributed by atoms with Crippen LogP contribution in [0.4, 0.5) is 0 Å². The molecule has 19 heavy (non-hydrogen) atoms.